The predicted octanol–water partition coefficient (Wildman–Crippen LogP) is 0.182. The van der Waals surface area contributed by atoms with Crippen LogP contribution in [0, 0.1) is 10.8 Å². The summed E-state index contributed by atoms with van der Waals surface area (Å²) in [6, 6.07) is 0. The molecular formula is C12H12O8. The fraction of sp³-hybridized carbons (Fsp3) is 0.500. The maximum Gasteiger partial charge on any atom is 0.333 e. The van der Waals surface area contributed by atoms with Crippen LogP contribution in [0.4, 0.5) is 0 Å². The fourth-order valence-corrected chi connectivity index (χ4v) is 3.35. The molecule has 0 heterocycles. The van der Waals surface area contributed by atoms with Gasteiger partial charge in [-0.1, -0.05) is 0 Å². The topological polar surface area (TPSA) is 149 Å². The summed E-state index contributed by atoms with van der Waals surface area (Å²) in [5, 5.41) is 37.1. The van der Waals surface area contributed by atoms with Gasteiger partial charge in [-0.25, -0.2) is 9.59 Å². The molecule has 0 aliphatic heterocycles. The van der Waals surface area contributed by atoms with Crippen LogP contribution in [0.2, 0.25) is 0 Å². The van der Waals surface area contributed by atoms with E-state index in [2.05, 4.69) is 0 Å². The Bertz CT molecular complexity index is 512. The molecule has 1 fully saturated rings. The van der Waals surface area contributed by atoms with Gasteiger partial charge in [-0.05, 0) is 25.7 Å². The quantitative estimate of drug-likeness (QED) is 0.571. The van der Waals surface area contributed by atoms with Gasteiger partial charge in [-0.2, -0.15) is 0 Å². The molecule has 0 aromatic heterocycles. The van der Waals surface area contributed by atoms with Crippen LogP contribution in [-0.2, 0) is 19.2 Å². The second-order valence-electron chi connectivity index (χ2n) is 5.13. The Labute approximate surface area is 112 Å². The summed E-state index contributed by atoms with van der Waals surface area (Å²) in [4.78, 5) is 45.6. The lowest BCUT2D eigenvalue weighted by Gasteiger charge is -2.48. The Kier molecular flexibility index (Phi) is 2.85. The van der Waals surface area contributed by atoms with E-state index < -0.39 is 45.9 Å². The molecule has 0 aromatic rings. The lowest BCUT2D eigenvalue weighted by molar-refractivity contribution is -0.164. The maximum absolute atomic E-state index is 11.5. The first-order valence-electron chi connectivity index (χ1n) is 5.88. The molecule has 0 unspecified atom stereocenters. The minimum Gasteiger partial charge on any atom is -0.481 e. The number of carboxylic acids is 4. The van der Waals surface area contributed by atoms with Gasteiger partial charge in [-0.15, -0.1) is 0 Å². The molecule has 8 heteroatoms. The molecule has 0 saturated heterocycles. The van der Waals surface area contributed by atoms with Crippen LogP contribution in [0.3, 0.4) is 0 Å². The van der Waals surface area contributed by atoms with Gasteiger partial charge in [0.05, 0.1) is 11.1 Å². The van der Waals surface area contributed by atoms with E-state index in [0.29, 0.717) is 0 Å². The van der Waals surface area contributed by atoms with Crippen molar-refractivity contribution >= 4 is 23.9 Å². The lowest BCUT2D eigenvalue weighted by Crippen LogP contribution is -2.54. The van der Waals surface area contributed by atoms with E-state index in [4.69, 9.17) is 0 Å². The van der Waals surface area contributed by atoms with Gasteiger partial charge in [0, 0.05) is 0 Å². The first-order valence-corrected chi connectivity index (χ1v) is 5.88. The van der Waals surface area contributed by atoms with Gasteiger partial charge in [0.1, 0.15) is 10.8 Å². The average molecular weight is 284 g/mol. The molecule has 4 N–H and O–H groups in total. The van der Waals surface area contributed by atoms with Gasteiger partial charge >= 0.3 is 23.9 Å². The molecule has 3 rings (SSSR count). The van der Waals surface area contributed by atoms with Crippen molar-refractivity contribution in [2.45, 2.75) is 25.7 Å². The van der Waals surface area contributed by atoms with Gasteiger partial charge in [0.25, 0.3) is 0 Å². The molecule has 1 saturated carbocycles. The zero-order valence-electron chi connectivity index (χ0n) is 10.3. The van der Waals surface area contributed by atoms with E-state index in [1.54, 1.807) is 0 Å². The number of carbonyl (C=O) groups is 4. The number of hydrogen-bond donors (Lipinski definition) is 4. The molecule has 3 aliphatic carbocycles. The number of hydrogen-bond acceptors (Lipinski definition) is 4. The third-order valence-corrected chi connectivity index (χ3v) is 4.41. The van der Waals surface area contributed by atoms with Gasteiger partial charge < -0.3 is 20.4 Å². The zero-order chi connectivity index (χ0) is 15.3. The number of carboxylic acid groups (broad SMARTS) is 4. The zero-order valence-corrected chi connectivity index (χ0v) is 10.3. The normalized spacial score (nSPS) is 32.0. The second kappa shape index (κ2) is 4.06. The minimum absolute atomic E-state index is 0.187. The van der Waals surface area contributed by atoms with Crippen molar-refractivity contribution in [3.63, 3.8) is 0 Å². The van der Waals surface area contributed by atoms with Crippen LogP contribution in [0.25, 0.3) is 0 Å². The van der Waals surface area contributed by atoms with Crippen molar-refractivity contribution in [3.8, 4) is 0 Å². The molecule has 3 aliphatic rings. The highest BCUT2D eigenvalue weighted by Crippen LogP contribution is 2.60. The summed E-state index contributed by atoms with van der Waals surface area (Å²) in [5.41, 5.74) is -5.21. The minimum atomic E-state index is -1.81. The third kappa shape index (κ3) is 1.47. The highest BCUT2D eigenvalue weighted by atomic mass is 16.4. The van der Waals surface area contributed by atoms with Crippen LogP contribution in [0.15, 0.2) is 11.1 Å². The van der Waals surface area contributed by atoms with Crippen molar-refractivity contribution < 1.29 is 39.6 Å². The Balaban J connectivity index is 2.84. The number of fused-ring (bicyclic) bond motifs is 2. The van der Waals surface area contributed by atoms with Crippen molar-refractivity contribution in [2.24, 2.45) is 10.8 Å². The summed E-state index contributed by atoms with van der Waals surface area (Å²) in [6.07, 6.45) is -0.750. The number of rotatable bonds is 4. The Morgan fingerprint density at radius 1 is 0.650 bits per heavy atom. The Hall–Kier alpha value is -2.38. The summed E-state index contributed by atoms with van der Waals surface area (Å²) < 4.78 is 0. The van der Waals surface area contributed by atoms with Crippen LogP contribution in [-0.4, -0.2) is 44.3 Å². The average Bonchev–Trinajstić information content (AvgIpc) is 2.37. The van der Waals surface area contributed by atoms with Crippen molar-refractivity contribution in [3.05, 3.63) is 11.1 Å². The van der Waals surface area contributed by atoms with Gasteiger partial charge in [0.2, 0.25) is 0 Å². The second-order valence-corrected chi connectivity index (χ2v) is 5.13. The third-order valence-electron chi connectivity index (χ3n) is 4.41. The largest absolute Gasteiger partial charge is 0.481 e. The SMILES string of the molecule is O=C(O)C1=C(C(=O)O)C2(C(=O)O)CCC1(C(=O)O)CC2. The van der Waals surface area contributed by atoms with Crippen molar-refractivity contribution in [1.82, 2.24) is 0 Å². The van der Waals surface area contributed by atoms with Crippen LogP contribution >= 0.6 is 0 Å². The molecule has 0 amide bonds. The van der Waals surface area contributed by atoms with Crippen LogP contribution in [0.5, 0.6) is 0 Å². The molecule has 2 bridgehead atoms. The molecular weight excluding hydrogens is 272 g/mol. The van der Waals surface area contributed by atoms with Gasteiger partial charge in [-0.3, -0.25) is 9.59 Å². The fourth-order valence-electron chi connectivity index (χ4n) is 3.35. The van der Waals surface area contributed by atoms with Crippen LogP contribution in [0.1, 0.15) is 25.7 Å². The maximum atomic E-state index is 11.5. The van der Waals surface area contributed by atoms with E-state index in [1.165, 1.54) is 0 Å². The molecule has 0 spiro atoms. The molecule has 0 aromatic carbocycles. The first kappa shape index (κ1) is 14.0. The molecule has 20 heavy (non-hydrogen) atoms. The monoisotopic (exact) mass is 284 g/mol. The standard InChI is InChI=1S/C12H12O8/c13-7(14)5-6(8(15)16)12(10(19)20)2-1-11(5,3-4-12)9(17)18/h1-4H2,(H,13,14)(H,15,16)(H,17,18)(H,19,20). The van der Waals surface area contributed by atoms with E-state index in [1.807, 2.05) is 0 Å². The summed E-state index contributed by atoms with van der Waals surface area (Å²) in [6.45, 7) is 0. The van der Waals surface area contributed by atoms with E-state index in [9.17, 15) is 39.6 Å². The smallest absolute Gasteiger partial charge is 0.333 e. The molecule has 108 valence electrons. The highest BCUT2D eigenvalue weighted by molar-refractivity contribution is 6.09. The number of aliphatic carboxylic acids is 4. The summed E-state index contributed by atoms with van der Waals surface area (Å²) in [7, 11) is 0. The van der Waals surface area contributed by atoms with E-state index in [0.717, 1.165) is 0 Å². The molecule has 0 radical (unpaired) electrons. The summed E-state index contributed by atoms with van der Waals surface area (Å²) >= 11 is 0. The van der Waals surface area contributed by atoms with Gasteiger partial charge in [0.15, 0.2) is 0 Å². The predicted molar refractivity (Wildman–Crippen MR) is 60.9 cm³/mol. The molecule has 8 nitrogen and oxygen atoms in total. The lowest BCUT2D eigenvalue weighted by atomic mass is 9.51. The first-order chi connectivity index (χ1) is 9.19. The van der Waals surface area contributed by atoms with Crippen LogP contribution < -0.4 is 0 Å². The highest BCUT2D eigenvalue weighted by Gasteiger charge is 2.64. The summed E-state index contributed by atoms with van der Waals surface area (Å²) in [5.74, 6) is -6.22. The molecule has 0 atom stereocenters. The Morgan fingerprint density at radius 2 is 0.900 bits per heavy atom. The van der Waals surface area contributed by atoms with Crippen molar-refractivity contribution in [2.75, 3.05) is 0 Å². The Morgan fingerprint density at radius 3 is 1.05 bits per heavy atom. The van der Waals surface area contributed by atoms with Crippen molar-refractivity contribution in [1.29, 1.82) is 0 Å². The van der Waals surface area contributed by atoms with E-state index >= 15 is 0 Å². The van der Waals surface area contributed by atoms with E-state index in [-0.39, 0.29) is 25.7 Å².